The highest BCUT2D eigenvalue weighted by Gasteiger charge is 2.11. The molecule has 2 nitrogen and oxygen atoms in total. The van der Waals surface area contributed by atoms with Crippen molar-refractivity contribution in [3.63, 3.8) is 0 Å². The summed E-state index contributed by atoms with van der Waals surface area (Å²) in [7, 11) is 0. The van der Waals surface area contributed by atoms with Gasteiger partial charge in [0.2, 0.25) is 0 Å². The molecule has 0 N–H and O–H groups in total. The lowest BCUT2D eigenvalue weighted by Gasteiger charge is -2.03. The summed E-state index contributed by atoms with van der Waals surface area (Å²) in [5.41, 5.74) is 1.45. The Morgan fingerprint density at radius 1 is 1.67 bits per heavy atom. The van der Waals surface area contributed by atoms with Crippen molar-refractivity contribution in [3.05, 3.63) is 28.5 Å². The van der Waals surface area contributed by atoms with Crippen LogP contribution in [0, 0.1) is 6.92 Å². The highest BCUT2D eigenvalue weighted by Crippen LogP contribution is 2.17. The maximum atomic E-state index is 11.3. The molecule has 3 heteroatoms. The maximum absolute atomic E-state index is 11.3. The number of hydrogen-bond donors (Lipinski definition) is 0. The molecule has 0 unspecified atom stereocenters. The third-order valence-electron chi connectivity index (χ3n) is 1.71. The molecule has 1 heterocycles. The fraction of sp³-hybridized carbons (Fsp3) is 0.333. The molecule has 0 saturated heterocycles. The van der Waals surface area contributed by atoms with E-state index in [2.05, 4.69) is 4.98 Å². The molecule has 1 rings (SSSR count). The van der Waals surface area contributed by atoms with Crippen molar-refractivity contribution in [1.29, 1.82) is 0 Å². The van der Waals surface area contributed by atoms with Gasteiger partial charge in [-0.25, -0.2) is 4.98 Å². The molecule has 0 aliphatic heterocycles. The fourth-order valence-corrected chi connectivity index (χ4v) is 1.35. The zero-order chi connectivity index (χ0) is 9.14. The SMILES string of the molecule is CCC(=O)c1c(C)ccnc1Cl. The first kappa shape index (κ1) is 9.20. The van der Waals surface area contributed by atoms with Crippen LogP contribution < -0.4 is 0 Å². The van der Waals surface area contributed by atoms with Crippen LogP contribution in [-0.4, -0.2) is 10.8 Å². The van der Waals surface area contributed by atoms with Crippen molar-refractivity contribution < 1.29 is 4.79 Å². The molecule has 0 aliphatic carbocycles. The van der Waals surface area contributed by atoms with Gasteiger partial charge in [0.1, 0.15) is 5.15 Å². The second-order valence-electron chi connectivity index (χ2n) is 2.57. The van der Waals surface area contributed by atoms with Crippen LogP contribution >= 0.6 is 11.6 Å². The molecule has 1 aromatic heterocycles. The number of carbonyl (C=O) groups is 1. The van der Waals surface area contributed by atoms with E-state index in [4.69, 9.17) is 11.6 Å². The van der Waals surface area contributed by atoms with Gasteiger partial charge in [0.05, 0.1) is 5.56 Å². The average molecular weight is 184 g/mol. The topological polar surface area (TPSA) is 30.0 Å². The van der Waals surface area contributed by atoms with Gasteiger partial charge in [-0.15, -0.1) is 0 Å². The lowest BCUT2D eigenvalue weighted by atomic mass is 10.1. The first-order valence-electron chi connectivity index (χ1n) is 3.81. The van der Waals surface area contributed by atoms with Gasteiger partial charge in [-0.2, -0.15) is 0 Å². The number of rotatable bonds is 2. The van der Waals surface area contributed by atoms with Gasteiger partial charge in [-0.1, -0.05) is 18.5 Å². The first-order valence-corrected chi connectivity index (χ1v) is 4.19. The summed E-state index contributed by atoms with van der Waals surface area (Å²) >= 11 is 5.77. The summed E-state index contributed by atoms with van der Waals surface area (Å²) in [6, 6.07) is 1.79. The van der Waals surface area contributed by atoms with Gasteiger partial charge in [0.25, 0.3) is 0 Å². The highest BCUT2D eigenvalue weighted by atomic mass is 35.5. The Labute approximate surface area is 76.6 Å². The second-order valence-corrected chi connectivity index (χ2v) is 2.93. The summed E-state index contributed by atoms with van der Waals surface area (Å²) < 4.78 is 0. The van der Waals surface area contributed by atoms with E-state index >= 15 is 0 Å². The molecule has 0 aromatic carbocycles. The summed E-state index contributed by atoms with van der Waals surface area (Å²) in [4.78, 5) is 15.2. The number of Topliss-reactive ketones (excluding diaryl/α,β-unsaturated/α-hetero) is 1. The fourth-order valence-electron chi connectivity index (χ4n) is 1.04. The summed E-state index contributed by atoms with van der Waals surface area (Å²) in [6.45, 7) is 3.67. The van der Waals surface area contributed by atoms with Crippen LogP contribution in [0.1, 0.15) is 29.3 Å². The number of hydrogen-bond acceptors (Lipinski definition) is 2. The molecule has 0 aliphatic rings. The number of nitrogens with zero attached hydrogens (tertiary/aromatic N) is 1. The van der Waals surface area contributed by atoms with Gasteiger partial charge < -0.3 is 0 Å². The lowest BCUT2D eigenvalue weighted by Crippen LogP contribution is -2.01. The Bertz CT molecular complexity index is 289. The van der Waals surface area contributed by atoms with Crippen molar-refractivity contribution in [2.45, 2.75) is 20.3 Å². The van der Waals surface area contributed by atoms with Crippen LogP contribution in [0.4, 0.5) is 0 Å². The molecule has 1 aromatic rings. The predicted molar refractivity (Wildman–Crippen MR) is 48.6 cm³/mol. The van der Waals surface area contributed by atoms with Crippen LogP contribution in [0.2, 0.25) is 5.15 Å². The van der Waals surface area contributed by atoms with Gasteiger partial charge >= 0.3 is 0 Å². The lowest BCUT2D eigenvalue weighted by molar-refractivity contribution is 0.0987. The van der Waals surface area contributed by atoms with Gasteiger partial charge in [0, 0.05) is 12.6 Å². The maximum Gasteiger partial charge on any atom is 0.165 e. The molecule has 12 heavy (non-hydrogen) atoms. The van der Waals surface area contributed by atoms with Crippen molar-refractivity contribution in [2.75, 3.05) is 0 Å². The van der Waals surface area contributed by atoms with Crippen molar-refractivity contribution in [1.82, 2.24) is 4.98 Å². The minimum atomic E-state index is 0.0469. The van der Waals surface area contributed by atoms with Crippen LogP contribution in [0.3, 0.4) is 0 Å². The molecule has 0 saturated carbocycles. The van der Waals surface area contributed by atoms with E-state index < -0.39 is 0 Å². The molecule has 64 valence electrons. The van der Waals surface area contributed by atoms with E-state index in [0.717, 1.165) is 5.56 Å². The minimum absolute atomic E-state index is 0.0469. The first-order chi connectivity index (χ1) is 5.66. The van der Waals surface area contributed by atoms with Crippen LogP contribution in [0.5, 0.6) is 0 Å². The molecule has 0 atom stereocenters. The quantitative estimate of drug-likeness (QED) is 0.521. The van der Waals surface area contributed by atoms with Crippen molar-refractivity contribution in [3.8, 4) is 0 Å². The van der Waals surface area contributed by atoms with E-state index in [0.29, 0.717) is 17.1 Å². The Balaban J connectivity index is 3.21. The van der Waals surface area contributed by atoms with Gasteiger partial charge in [0.15, 0.2) is 5.78 Å². The largest absolute Gasteiger partial charge is 0.294 e. The number of pyridine rings is 1. The Hall–Kier alpha value is -0.890. The third-order valence-corrected chi connectivity index (χ3v) is 2.00. The van der Waals surface area contributed by atoms with E-state index in [-0.39, 0.29) is 5.78 Å². The van der Waals surface area contributed by atoms with Gasteiger partial charge in [-0.3, -0.25) is 4.79 Å². The van der Waals surface area contributed by atoms with Crippen molar-refractivity contribution >= 4 is 17.4 Å². The Kier molecular flexibility index (Phi) is 2.82. The smallest absolute Gasteiger partial charge is 0.165 e. The number of carbonyl (C=O) groups excluding carboxylic acids is 1. The average Bonchev–Trinajstić information content (AvgIpc) is 2.03. The Morgan fingerprint density at radius 2 is 2.33 bits per heavy atom. The summed E-state index contributed by atoms with van der Waals surface area (Å²) in [5, 5.41) is 0.307. The number of halogens is 1. The normalized spacial score (nSPS) is 9.92. The van der Waals surface area contributed by atoms with Crippen LogP contribution in [0.25, 0.3) is 0 Å². The van der Waals surface area contributed by atoms with E-state index in [9.17, 15) is 4.79 Å². The van der Waals surface area contributed by atoms with Crippen LogP contribution in [0.15, 0.2) is 12.3 Å². The van der Waals surface area contributed by atoms with E-state index in [1.54, 1.807) is 12.3 Å². The Morgan fingerprint density at radius 3 is 2.83 bits per heavy atom. The standard InChI is InChI=1S/C9H10ClNO/c1-3-7(12)8-6(2)4-5-11-9(8)10/h4-5H,3H2,1-2H3. The van der Waals surface area contributed by atoms with E-state index in [1.165, 1.54) is 0 Å². The van der Waals surface area contributed by atoms with Crippen LogP contribution in [-0.2, 0) is 0 Å². The zero-order valence-corrected chi connectivity index (χ0v) is 7.85. The molecule has 0 amide bonds. The molecule has 0 radical (unpaired) electrons. The molecule has 0 bridgehead atoms. The summed E-state index contributed by atoms with van der Waals surface area (Å²) in [6.07, 6.45) is 2.07. The van der Waals surface area contributed by atoms with E-state index in [1.807, 2.05) is 13.8 Å². The minimum Gasteiger partial charge on any atom is -0.294 e. The monoisotopic (exact) mass is 183 g/mol. The molecule has 0 spiro atoms. The summed E-state index contributed by atoms with van der Waals surface area (Å²) in [5.74, 6) is 0.0469. The molecule has 0 fully saturated rings. The second kappa shape index (κ2) is 3.68. The predicted octanol–water partition coefficient (Wildman–Crippen LogP) is 2.64. The number of aromatic nitrogens is 1. The number of ketones is 1. The molecular weight excluding hydrogens is 174 g/mol. The zero-order valence-electron chi connectivity index (χ0n) is 7.10. The van der Waals surface area contributed by atoms with Gasteiger partial charge in [-0.05, 0) is 18.6 Å². The molecular formula is C9H10ClNO. The third kappa shape index (κ3) is 1.64. The highest BCUT2D eigenvalue weighted by molar-refractivity contribution is 6.32. The number of aryl methyl sites for hydroxylation is 1. The van der Waals surface area contributed by atoms with Crippen molar-refractivity contribution in [2.24, 2.45) is 0 Å².